The number of likely N-dealkylation sites (N-methyl/N-ethyl adjacent to an activating group) is 1. The highest BCUT2D eigenvalue weighted by molar-refractivity contribution is 7.99. The maximum atomic E-state index is 12.5. The zero-order chi connectivity index (χ0) is 18.4. The van der Waals surface area contributed by atoms with E-state index in [1.165, 1.54) is 4.90 Å². The number of pyridine rings is 1. The molecule has 0 bridgehead atoms. The average molecular weight is 398 g/mol. The van der Waals surface area contributed by atoms with E-state index in [1.807, 2.05) is 6.92 Å². The van der Waals surface area contributed by atoms with E-state index in [-0.39, 0.29) is 18.4 Å². The van der Waals surface area contributed by atoms with E-state index >= 15 is 0 Å². The monoisotopic (exact) mass is 397 g/mol. The normalized spacial score (nSPS) is 10.4. The van der Waals surface area contributed by atoms with Crippen LogP contribution >= 0.6 is 35.0 Å². The molecule has 0 atom stereocenters. The first-order valence-electron chi connectivity index (χ1n) is 7.50. The highest BCUT2D eigenvalue weighted by atomic mass is 35.5. The molecular formula is C17H17Cl2N3O2S. The lowest BCUT2D eigenvalue weighted by molar-refractivity contribution is -0.116. The molecule has 0 radical (unpaired) electrons. The number of aromatic nitrogens is 1. The Morgan fingerprint density at radius 1 is 1.20 bits per heavy atom. The quantitative estimate of drug-likeness (QED) is 0.741. The van der Waals surface area contributed by atoms with Gasteiger partial charge in [0.2, 0.25) is 5.91 Å². The minimum absolute atomic E-state index is 0.0857. The maximum Gasteiger partial charge on any atom is 0.254 e. The molecule has 1 aromatic heterocycles. The first-order chi connectivity index (χ1) is 11.9. The summed E-state index contributed by atoms with van der Waals surface area (Å²) in [6.07, 6.45) is 1.59. The molecule has 25 heavy (non-hydrogen) atoms. The second-order valence-electron chi connectivity index (χ2n) is 5.15. The Kier molecular flexibility index (Phi) is 7.11. The molecule has 5 nitrogen and oxygen atoms in total. The van der Waals surface area contributed by atoms with Crippen LogP contribution in [0.15, 0.2) is 41.6 Å². The van der Waals surface area contributed by atoms with Crippen LogP contribution in [0.3, 0.4) is 0 Å². The highest BCUT2D eigenvalue weighted by Gasteiger charge is 2.16. The molecule has 132 valence electrons. The van der Waals surface area contributed by atoms with Crippen molar-refractivity contribution in [2.75, 3.05) is 24.7 Å². The summed E-state index contributed by atoms with van der Waals surface area (Å²) < 4.78 is 0. The van der Waals surface area contributed by atoms with Gasteiger partial charge >= 0.3 is 0 Å². The fourth-order valence-corrected chi connectivity index (χ4v) is 2.99. The van der Waals surface area contributed by atoms with Crippen molar-refractivity contribution in [3.63, 3.8) is 0 Å². The summed E-state index contributed by atoms with van der Waals surface area (Å²) in [6, 6.07) is 8.16. The van der Waals surface area contributed by atoms with E-state index < -0.39 is 0 Å². The number of carbonyl (C=O) groups is 2. The Labute approximate surface area is 160 Å². The van der Waals surface area contributed by atoms with Crippen LogP contribution in [0, 0.1) is 0 Å². The van der Waals surface area contributed by atoms with Crippen molar-refractivity contribution < 1.29 is 9.59 Å². The van der Waals surface area contributed by atoms with Crippen LogP contribution in [-0.2, 0) is 4.79 Å². The topological polar surface area (TPSA) is 62.3 Å². The van der Waals surface area contributed by atoms with Crippen LogP contribution in [0.25, 0.3) is 0 Å². The number of thioether (sulfide) groups is 1. The van der Waals surface area contributed by atoms with Gasteiger partial charge in [-0.1, -0.05) is 30.1 Å². The number of benzene rings is 1. The summed E-state index contributed by atoms with van der Waals surface area (Å²) in [7, 11) is 1.57. The predicted molar refractivity (Wildman–Crippen MR) is 103 cm³/mol. The molecule has 0 aliphatic rings. The van der Waals surface area contributed by atoms with Crippen LogP contribution in [0.2, 0.25) is 10.0 Å². The van der Waals surface area contributed by atoms with E-state index in [0.717, 1.165) is 10.8 Å². The van der Waals surface area contributed by atoms with Gasteiger partial charge in [0, 0.05) is 24.5 Å². The van der Waals surface area contributed by atoms with E-state index in [4.69, 9.17) is 23.2 Å². The van der Waals surface area contributed by atoms with E-state index in [9.17, 15) is 9.59 Å². The van der Waals surface area contributed by atoms with Crippen LogP contribution in [-0.4, -0.2) is 41.0 Å². The molecule has 0 saturated heterocycles. The Hall–Kier alpha value is -1.76. The minimum Gasteiger partial charge on any atom is -0.332 e. The van der Waals surface area contributed by atoms with E-state index in [1.54, 1.807) is 55.3 Å². The maximum absolute atomic E-state index is 12.5. The zero-order valence-electron chi connectivity index (χ0n) is 13.8. The Morgan fingerprint density at radius 2 is 1.96 bits per heavy atom. The zero-order valence-corrected chi connectivity index (χ0v) is 16.1. The van der Waals surface area contributed by atoms with Crippen molar-refractivity contribution in [2.45, 2.75) is 11.9 Å². The second kappa shape index (κ2) is 9.08. The third-order valence-electron chi connectivity index (χ3n) is 3.20. The lowest BCUT2D eigenvalue weighted by atomic mass is 10.2. The highest BCUT2D eigenvalue weighted by Crippen LogP contribution is 2.25. The smallest absolute Gasteiger partial charge is 0.254 e. The number of hydrogen-bond donors (Lipinski definition) is 1. The van der Waals surface area contributed by atoms with Gasteiger partial charge in [0.1, 0.15) is 0 Å². The lowest BCUT2D eigenvalue weighted by Crippen LogP contribution is -2.35. The molecule has 0 unspecified atom stereocenters. The van der Waals surface area contributed by atoms with Gasteiger partial charge in [0.05, 0.1) is 21.6 Å². The molecule has 8 heteroatoms. The summed E-state index contributed by atoms with van der Waals surface area (Å²) in [5.74, 6) is 0.295. The molecular weight excluding hydrogens is 381 g/mol. The van der Waals surface area contributed by atoms with Gasteiger partial charge in [-0.15, -0.1) is 11.8 Å². The van der Waals surface area contributed by atoms with Crippen molar-refractivity contribution in [1.82, 2.24) is 9.88 Å². The van der Waals surface area contributed by atoms with Crippen molar-refractivity contribution in [2.24, 2.45) is 0 Å². The van der Waals surface area contributed by atoms with Gasteiger partial charge in [0.15, 0.2) is 0 Å². The van der Waals surface area contributed by atoms with Gasteiger partial charge < -0.3 is 10.2 Å². The van der Waals surface area contributed by atoms with E-state index in [2.05, 4.69) is 10.3 Å². The standard InChI is InChI=1S/C17H17Cl2N3O2S/c1-3-25-16-8-11(6-7-20-16)17(24)22(2)10-15(23)21-12-4-5-13(18)14(19)9-12/h4-9H,3,10H2,1-2H3,(H,21,23). The average Bonchev–Trinajstić information content (AvgIpc) is 2.58. The van der Waals surface area contributed by atoms with Crippen molar-refractivity contribution in [3.05, 3.63) is 52.1 Å². The summed E-state index contributed by atoms with van der Waals surface area (Å²) in [5, 5.41) is 4.22. The molecule has 0 saturated carbocycles. The Balaban J connectivity index is 1.99. The first-order valence-corrected chi connectivity index (χ1v) is 9.24. The molecule has 1 heterocycles. The minimum atomic E-state index is -0.327. The summed E-state index contributed by atoms with van der Waals surface area (Å²) in [5.41, 5.74) is 1.02. The number of hydrogen-bond acceptors (Lipinski definition) is 4. The fourth-order valence-electron chi connectivity index (χ4n) is 2.05. The van der Waals surface area contributed by atoms with Crippen LogP contribution in [0.5, 0.6) is 0 Å². The first kappa shape index (κ1) is 19.6. The number of nitrogens with one attached hydrogen (secondary N) is 1. The predicted octanol–water partition coefficient (Wildman–Crippen LogP) is 4.21. The summed E-state index contributed by atoms with van der Waals surface area (Å²) in [6.45, 7) is 1.93. The molecule has 0 spiro atoms. The molecule has 1 N–H and O–H groups in total. The summed E-state index contributed by atoms with van der Waals surface area (Å²) >= 11 is 13.3. The van der Waals surface area contributed by atoms with E-state index in [0.29, 0.717) is 21.3 Å². The largest absolute Gasteiger partial charge is 0.332 e. The van der Waals surface area contributed by atoms with Crippen LogP contribution < -0.4 is 5.32 Å². The lowest BCUT2D eigenvalue weighted by Gasteiger charge is -2.17. The Morgan fingerprint density at radius 3 is 2.64 bits per heavy atom. The molecule has 0 aliphatic carbocycles. The number of carbonyl (C=O) groups excluding carboxylic acids is 2. The molecule has 2 amide bonds. The second-order valence-corrected chi connectivity index (χ2v) is 7.25. The number of anilines is 1. The van der Waals surface area contributed by atoms with Crippen molar-refractivity contribution in [3.8, 4) is 0 Å². The molecule has 2 rings (SSSR count). The number of amides is 2. The van der Waals surface area contributed by atoms with Crippen LogP contribution in [0.1, 0.15) is 17.3 Å². The summed E-state index contributed by atoms with van der Waals surface area (Å²) in [4.78, 5) is 30.1. The molecule has 1 aromatic carbocycles. The molecule has 2 aromatic rings. The van der Waals surface area contributed by atoms with Crippen LogP contribution in [0.4, 0.5) is 5.69 Å². The third kappa shape index (κ3) is 5.63. The number of halogens is 2. The van der Waals surface area contributed by atoms with Gasteiger partial charge in [0.25, 0.3) is 5.91 Å². The Bertz CT molecular complexity index is 786. The SMILES string of the molecule is CCSc1cc(C(=O)N(C)CC(=O)Nc2ccc(Cl)c(Cl)c2)ccn1. The van der Waals surface area contributed by atoms with Gasteiger partial charge in [-0.2, -0.15) is 0 Å². The van der Waals surface area contributed by atoms with Gasteiger partial charge in [-0.3, -0.25) is 9.59 Å². The van der Waals surface area contributed by atoms with Gasteiger partial charge in [-0.25, -0.2) is 4.98 Å². The van der Waals surface area contributed by atoms with Crippen molar-refractivity contribution >= 4 is 52.5 Å². The number of nitrogens with zero attached hydrogens (tertiary/aromatic N) is 2. The van der Waals surface area contributed by atoms with Gasteiger partial charge in [-0.05, 0) is 36.1 Å². The van der Waals surface area contributed by atoms with Crippen molar-refractivity contribution in [1.29, 1.82) is 0 Å². The molecule has 0 fully saturated rings. The fraction of sp³-hybridized carbons (Fsp3) is 0.235. The number of rotatable bonds is 6. The molecule has 0 aliphatic heterocycles. The third-order valence-corrected chi connectivity index (χ3v) is 4.75.